The monoisotopic (exact) mass is 442 g/mol. The Balaban J connectivity index is 1.58. The molecule has 0 aliphatic heterocycles. The summed E-state index contributed by atoms with van der Waals surface area (Å²) in [6, 6.07) is 0. The molecule has 178 valence electrons. The summed E-state index contributed by atoms with van der Waals surface area (Å²) < 4.78 is 0. The summed E-state index contributed by atoms with van der Waals surface area (Å²) in [6.45, 7) is 12.9. The third-order valence-corrected chi connectivity index (χ3v) is 10.5. The van der Waals surface area contributed by atoms with E-state index in [2.05, 4.69) is 20.4 Å². The number of rotatable bonds is 6. The van der Waals surface area contributed by atoms with E-state index in [0.29, 0.717) is 36.4 Å². The highest BCUT2D eigenvalue weighted by molar-refractivity contribution is 5.91. The second-order valence-corrected chi connectivity index (χ2v) is 12.1. The number of hydrogen-bond donors (Lipinski definition) is 2. The Morgan fingerprint density at radius 2 is 1.84 bits per heavy atom. The first-order valence-electron chi connectivity index (χ1n) is 12.8. The fourth-order valence-corrected chi connectivity index (χ4v) is 8.43. The highest BCUT2D eigenvalue weighted by Gasteiger charge is 2.61. The number of allylic oxidation sites excluding steroid dienone is 1. The summed E-state index contributed by atoms with van der Waals surface area (Å²) >= 11 is 0. The van der Waals surface area contributed by atoms with Crippen LogP contribution in [0.5, 0.6) is 0 Å². The van der Waals surface area contributed by atoms with Gasteiger partial charge in [0.2, 0.25) is 0 Å². The van der Waals surface area contributed by atoms with Crippen molar-refractivity contribution < 1.29 is 19.8 Å². The zero-order valence-electron chi connectivity index (χ0n) is 20.4. The number of fused-ring (bicyclic) bond motifs is 5. The summed E-state index contributed by atoms with van der Waals surface area (Å²) in [4.78, 5) is 24.5. The summed E-state index contributed by atoms with van der Waals surface area (Å²) in [7, 11) is 0. The van der Waals surface area contributed by atoms with Crippen LogP contribution >= 0.6 is 0 Å². The van der Waals surface area contributed by atoms with Gasteiger partial charge in [-0.15, -0.1) is 0 Å². The molecule has 3 fully saturated rings. The van der Waals surface area contributed by atoms with Crippen LogP contribution < -0.4 is 0 Å². The van der Waals surface area contributed by atoms with Crippen molar-refractivity contribution in [1.82, 2.24) is 0 Å². The fourth-order valence-electron chi connectivity index (χ4n) is 8.43. The molecular formula is C28H42O4. The molecule has 0 spiro atoms. The summed E-state index contributed by atoms with van der Waals surface area (Å²) in [5.41, 5.74) is 2.40. The third-order valence-electron chi connectivity index (χ3n) is 10.5. The van der Waals surface area contributed by atoms with Gasteiger partial charge < -0.3 is 10.2 Å². The summed E-state index contributed by atoms with van der Waals surface area (Å²) in [6.07, 6.45) is 9.32. The maximum atomic E-state index is 12.4. The molecule has 0 aromatic heterocycles. The molecule has 4 aliphatic rings. The molecule has 4 nitrogen and oxygen atoms in total. The van der Waals surface area contributed by atoms with Crippen molar-refractivity contribution in [2.45, 2.75) is 91.6 Å². The molecule has 32 heavy (non-hydrogen) atoms. The molecule has 0 saturated heterocycles. The Morgan fingerprint density at radius 3 is 2.50 bits per heavy atom. The summed E-state index contributed by atoms with van der Waals surface area (Å²) in [5.74, 6) is 0.692. The number of hydrogen-bond acceptors (Lipinski definition) is 3. The van der Waals surface area contributed by atoms with Crippen molar-refractivity contribution in [1.29, 1.82) is 0 Å². The van der Waals surface area contributed by atoms with E-state index in [1.54, 1.807) is 0 Å². The van der Waals surface area contributed by atoms with Crippen LogP contribution in [0.3, 0.4) is 0 Å². The average molecular weight is 443 g/mol. The molecule has 4 rings (SSSR count). The molecule has 2 N–H and O–H groups in total. The van der Waals surface area contributed by atoms with Gasteiger partial charge in [-0.25, -0.2) is 0 Å². The molecule has 0 bridgehead atoms. The topological polar surface area (TPSA) is 74.6 Å². The highest BCUT2D eigenvalue weighted by atomic mass is 16.4. The van der Waals surface area contributed by atoms with Crippen molar-refractivity contribution in [3.05, 3.63) is 23.8 Å². The fraction of sp³-hybridized carbons (Fsp3) is 0.786. The van der Waals surface area contributed by atoms with Gasteiger partial charge in [0.1, 0.15) is 0 Å². The van der Waals surface area contributed by atoms with E-state index in [9.17, 15) is 19.8 Å². The zero-order valence-corrected chi connectivity index (χ0v) is 20.4. The maximum Gasteiger partial charge on any atom is 0.309 e. The number of carboxylic acids is 1. The van der Waals surface area contributed by atoms with Crippen molar-refractivity contribution in [3.8, 4) is 0 Å². The van der Waals surface area contributed by atoms with E-state index < -0.39 is 18.0 Å². The lowest BCUT2D eigenvalue weighted by Gasteiger charge is -2.58. The number of carbonyl (C=O) groups is 2. The number of carboxylic acid groups (broad SMARTS) is 1. The molecule has 4 heteroatoms. The van der Waals surface area contributed by atoms with E-state index in [0.717, 1.165) is 50.5 Å². The van der Waals surface area contributed by atoms with Crippen LogP contribution in [0.4, 0.5) is 0 Å². The highest BCUT2D eigenvalue weighted by Crippen LogP contribution is 2.67. The van der Waals surface area contributed by atoms with Crippen LogP contribution in [-0.4, -0.2) is 28.1 Å². The van der Waals surface area contributed by atoms with Crippen LogP contribution in [0.15, 0.2) is 23.8 Å². The number of aliphatic carboxylic acids is 1. The summed E-state index contributed by atoms with van der Waals surface area (Å²) in [5, 5.41) is 21.2. The van der Waals surface area contributed by atoms with Crippen molar-refractivity contribution in [2.75, 3.05) is 0 Å². The first-order valence-corrected chi connectivity index (χ1v) is 12.8. The number of aliphatic hydroxyl groups is 1. The van der Waals surface area contributed by atoms with E-state index in [4.69, 9.17) is 0 Å². The molecule has 0 amide bonds. The minimum atomic E-state index is -0.872. The van der Waals surface area contributed by atoms with Crippen molar-refractivity contribution in [2.24, 2.45) is 46.3 Å². The standard InChI is InChI=1S/C28H42O4/c1-16(2)17(3)14-24(30)25(26(31)32)23-9-8-21-20-7-6-18-15-19(29)10-12-27(18,4)22(20)11-13-28(21,23)5/h15-16,20-25,30H,3,6-14H2,1-2,4-5H3,(H,31,32)/t20-,21-,22-,23+,24-,25-,27-,28-/m0/s1. The first kappa shape index (κ1) is 23.7. The van der Waals surface area contributed by atoms with E-state index in [1.165, 1.54) is 5.57 Å². The molecule has 4 aliphatic carbocycles. The van der Waals surface area contributed by atoms with Crippen molar-refractivity contribution in [3.63, 3.8) is 0 Å². The Bertz CT molecular complexity index is 825. The van der Waals surface area contributed by atoms with Gasteiger partial charge in [0.25, 0.3) is 0 Å². The third kappa shape index (κ3) is 3.71. The van der Waals surface area contributed by atoms with Crippen molar-refractivity contribution >= 4 is 11.8 Å². The lowest BCUT2D eigenvalue weighted by atomic mass is 9.46. The smallest absolute Gasteiger partial charge is 0.309 e. The van der Waals surface area contributed by atoms with Gasteiger partial charge in [-0.2, -0.15) is 0 Å². The molecule has 0 heterocycles. The van der Waals surface area contributed by atoms with Gasteiger partial charge in [0.05, 0.1) is 12.0 Å². The minimum Gasteiger partial charge on any atom is -0.481 e. The second-order valence-electron chi connectivity index (χ2n) is 12.1. The number of carbonyl (C=O) groups excluding carboxylic acids is 1. The normalized spacial score (nSPS) is 40.7. The van der Waals surface area contributed by atoms with Crippen LogP contribution in [0.25, 0.3) is 0 Å². The molecule has 0 unspecified atom stereocenters. The van der Waals surface area contributed by atoms with Gasteiger partial charge in [0.15, 0.2) is 5.78 Å². The molecular weight excluding hydrogens is 400 g/mol. The molecule has 0 aromatic carbocycles. The molecule has 8 atom stereocenters. The first-order chi connectivity index (χ1) is 15.0. The van der Waals surface area contributed by atoms with E-state index in [-0.39, 0.29) is 22.7 Å². The van der Waals surface area contributed by atoms with Crippen LogP contribution in [-0.2, 0) is 9.59 Å². The predicted octanol–water partition coefficient (Wildman–Crippen LogP) is 5.80. The van der Waals surface area contributed by atoms with E-state index in [1.807, 2.05) is 19.9 Å². The number of aliphatic hydroxyl groups excluding tert-OH is 1. The Labute approximate surface area is 193 Å². The maximum absolute atomic E-state index is 12.4. The Morgan fingerprint density at radius 1 is 1.12 bits per heavy atom. The average Bonchev–Trinajstić information content (AvgIpc) is 3.05. The van der Waals surface area contributed by atoms with Gasteiger partial charge >= 0.3 is 5.97 Å². The zero-order chi connectivity index (χ0) is 23.4. The van der Waals surface area contributed by atoms with Gasteiger partial charge in [-0.3, -0.25) is 9.59 Å². The lowest BCUT2D eigenvalue weighted by Crippen LogP contribution is -2.52. The quantitative estimate of drug-likeness (QED) is 0.510. The van der Waals surface area contributed by atoms with Gasteiger partial charge in [-0.1, -0.05) is 45.4 Å². The molecule has 3 saturated carbocycles. The second kappa shape index (κ2) is 8.42. The van der Waals surface area contributed by atoms with Gasteiger partial charge in [-0.05, 0) is 97.9 Å². The Kier molecular flexibility index (Phi) is 6.24. The molecule has 0 radical (unpaired) electrons. The van der Waals surface area contributed by atoms with E-state index >= 15 is 0 Å². The largest absolute Gasteiger partial charge is 0.481 e. The Hall–Kier alpha value is -1.42. The van der Waals surface area contributed by atoms with Crippen LogP contribution in [0.2, 0.25) is 0 Å². The molecule has 0 aromatic rings. The SMILES string of the molecule is C=C(C[C@H](O)[C@@H](C(=O)O)[C@H]1CC[C@H]2[C@@H]3CCC4=CC(=O)CC[C@]4(C)[C@H]3CC[C@]12C)C(C)C. The number of ketones is 1. The minimum absolute atomic E-state index is 0.0126. The van der Waals surface area contributed by atoms with Gasteiger partial charge in [0, 0.05) is 6.42 Å². The lowest BCUT2D eigenvalue weighted by molar-refractivity contribution is -0.153. The predicted molar refractivity (Wildman–Crippen MR) is 126 cm³/mol. The van der Waals surface area contributed by atoms with Crippen LogP contribution in [0, 0.1) is 46.3 Å². The van der Waals surface area contributed by atoms with Crippen LogP contribution in [0.1, 0.15) is 85.5 Å².